The molecule has 0 radical (unpaired) electrons. The number of carbonyl (C=O) groups is 2. The molecule has 1 aliphatic heterocycles. The quantitative estimate of drug-likeness (QED) is 0.444. The van der Waals surface area contributed by atoms with E-state index in [1.54, 1.807) is 28.9 Å². The van der Waals surface area contributed by atoms with Gasteiger partial charge in [-0.25, -0.2) is 0 Å². The lowest BCUT2D eigenvalue weighted by Gasteiger charge is -2.13. The van der Waals surface area contributed by atoms with Crippen molar-refractivity contribution in [3.05, 3.63) is 71.9 Å². The summed E-state index contributed by atoms with van der Waals surface area (Å²) in [4.78, 5) is 26.0. The zero-order valence-electron chi connectivity index (χ0n) is 16.5. The second-order valence-electron chi connectivity index (χ2n) is 6.86. The maximum atomic E-state index is 12.3. The van der Waals surface area contributed by atoms with Gasteiger partial charge in [0.1, 0.15) is 5.69 Å². The molecule has 0 bridgehead atoms. The Balaban J connectivity index is 1.22. The molecule has 2 amide bonds. The van der Waals surface area contributed by atoms with E-state index < -0.39 is 0 Å². The van der Waals surface area contributed by atoms with Crippen LogP contribution in [-0.4, -0.2) is 38.3 Å². The van der Waals surface area contributed by atoms with E-state index in [1.807, 2.05) is 30.3 Å². The van der Waals surface area contributed by atoms with Crippen LogP contribution >= 0.6 is 0 Å². The van der Waals surface area contributed by atoms with Gasteiger partial charge in [-0.05, 0) is 25.0 Å². The van der Waals surface area contributed by atoms with Gasteiger partial charge in [-0.2, -0.15) is 0 Å². The number of hydrogen-bond acceptors (Lipinski definition) is 4. The molecule has 4 rings (SSSR count). The maximum Gasteiger partial charge on any atom is 0.261 e. The van der Waals surface area contributed by atoms with Gasteiger partial charge in [-0.1, -0.05) is 60.5 Å². The van der Waals surface area contributed by atoms with Gasteiger partial charge in [-0.15, -0.1) is 5.10 Å². The topological polar surface area (TPSA) is 68.1 Å². The molecule has 2 heterocycles. The predicted molar refractivity (Wildman–Crippen MR) is 106 cm³/mol. The number of amides is 2. The molecular weight excluding hydrogens is 352 g/mol. The van der Waals surface area contributed by atoms with E-state index in [1.165, 1.54) is 4.90 Å². The van der Waals surface area contributed by atoms with E-state index in [0.717, 1.165) is 31.2 Å². The summed E-state index contributed by atoms with van der Waals surface area (Å²) >= 11 is 0. The lowest BCUT2D eigenvalue weighted by molar-refractivity contribution is 0.0651. The highest BCUT2D eigenvalue weighted by Gasteiger charge is 2.34. The van der Waals surface area contributed by atoms with Gasteiger partial charge in [0.05, 0.1) is 18.7 Å². The van der Waals surface area contributed by atoms with Crippen molar-refractivity contribution in [2.24, 2.45) is 0 Å². The zero-order valence-corrected chi connectivity index (χ0v) is 15.5. The van der Waals surface area contributed by atoms with Crippen LogP contribution in [0.1, 0.15) is 47.8 Å². The average molecular weight is 375 g/mol. The fourth-order valence-electron chi connectivity index (χ4n) is 3.41. The van der Waals surface area contributed by atoms with Crippen molar-refractivity contribution in [1.29, 1.82) is 0 Å². The third-order valence-electron chi connectivity index (χ3n) is 4.91. The van der Waals surface area contributed by atoms with Crippen LogP contribution in [0.25, 0.3) is 11.3 Å². The van der Waals surface area contributed by atoms with Crippen molar-refractivity contribution in [3.8, 4) is 11.3 Å². The predicted octanol–water partition coefficient (Wildman–Crippen LogP) is 3.80. The van der Waals surface area contributed by atoms with Crippen molar-refractivity contribution in [3.63, 3.8) is 0 Å². The van der Waals surface area contributed by atoms with Crippen molar-refractivity contribution in [1.82, 2.24) is 19.9 Å². The number of benzene rings is 2. The summed E-state index contributed by atoms with van der Waals surface area (Å²) in [6.45, 7) is 1.07. The summed E-state index contributed by atoms with van der Waals surface area (Å²) in [6, 6.07) is 16.6. The third-order valence-corrected chi connectivity index (χ3v) is 4.91. The van der Waals surface area contributed by atoms with E-state index >= 15 is 0 Å². The van der Waals surface area contributed by atoms with Gasteiger partial charge in [0.2, 0.25) is 0 Å². The largest absolute Gasteiger partial charge is 0.274 e. The maximum absolute atomic E-state index is 12.3. The van der Waals surface area contributed by atoms with Gasteiger partial charge >= 0.3 is 0 Å². The molecule has 6 nitrogen and oxygen atoms in total. The minimum absolute atomic E-state index is 0.194. The number of carbonyl (C=O) groups excluding carboxylic acids is 2. The molecule has 0 spiro atoms. The molecule has 0 N–H and O–H groups in total. The third kappa shape index (κ3) is 3.71. The number of aryl methyl sites for hydroxylation is 1. The first kappa shape index (κ1) is 16.9. The first-order chi connectivity index (χ1) is 14.2. The molecule has 2 aromatic carbocycles. The van der Waals surface area contributed by atoms with Crippen molar-refractivity contribution < 1.29 is 11.0 Å². The van der Waals surface area contributed by atoms with Crippen LogP contribution in [-0.2, 0) is 6.54 Å². The van der Waals surface area contributed by atoms with Crippen LogP contribution in [0.15, 0.2) is 60.8 Å². The Morgan fingerprint density at radius 2 is 1.39 bits per heavy atom. The summed E-state index contributed by atoms with van der Waals surface area (Å²) in [5, 5.41) is 8.23. The Morgan fingerprint density at radius 3 is 2.07 bits per heavy atom. The first-order valence-corrected chi connectivity index (χ1v) is 9.57. The van der Waals surface area contributed by atoms with Crippen LogP contribution < -0.4 is 0 Å². The SMILES string of the molecule is [2H]c1c(-c2ccccc2)nnn1CCCCCCN1C(=O)c2ccccc2C1=O. The zero-order chi connectivity index (χ0) is 20.2. The highest BCUT2D eigenvalue weighted by atomic mass is 16.2. The average Bonchev–Trinajstić information content (AvgIpc) is 3.24. The standard InChI is InChI=1S/C22H22N4O2/c27-21-18-12-6-7-13-19(18)22(28)26(21)15-9-2-1-8-14-25-16-20(23-24-25)17-10-4-3-5-11-17/h3-7,10-13,16H,1-2,8-9,14-15H2/i16D. The number of imide groups is 1. The number of rotatable bonds is 8. The number of nitrogens with zero attached hydrogens (tertiary/aromatic N) is 4. The Labute approximate surface area is 165 Å². The summed E-state index contributed by atoms with van der Waals surface area (Å²) in [5.74, 6) is -0.388. The molecular formula is C22H22N4O2. The van der Waals surface area contributed by atoms with Crippen molar-refractivity contribution in [2.45, 2.75) is 32.2 Å². The Hall–Kier alpha value is -3.28. The fraction of sp³-hybridized carbons (Fsp3) is 0.273. The van der Waals surface area contributed by atoms with Crippen LogP contribution in [0.5, 0.6) is 0 Å². The Bertz CT molecular complexity index is 997. The second-order valence-corrected chi connectivity index (χ2v) is 6.86. The molecule has 0 saturated carbocycles. The minimum Gasteiger partial charge on any atom is -0.274 e. The van der Waals surface area contributed by atoms with E-state index in [0.29, 0.717) is 36.1 Å². The lowest BCUT2D eigenvalue weighted by Crippen LogP contribution is -2.30. The second kappa shape index (κ2) is 8.17. The minimum atomic E-state index is -0.194. The van der Waals surface area contributed by atoms with E-state index in [9.17, 15) is 9.59 Å². The van der Waals surface area contributed by atoms with Gasteiger partial charge in [-0.3, -0.25) is 19.2 Å². The van der Waals surface area contributed by atoms with Gasteiger partial charge in [0, 0.05) is 18.7 Å². The van der Waals surface area contributed by atoms with Crippen molar-refractivity contribution in [2.75, 3.05) is 6.54 Å². The molecule has 6 heteroatoms. The van der Waals surface area contributed by atoms with Crippen LogP contribution in [0.4, 0.5) is 0 Å². The van der Waals surface area contributed by atoms with E-state index in [2.05, 4.69) is 10.3 Å². The van der Waals surface area contributed by atoms with Crippen LogP contribution in [0.2, 0.25) is 0 Å². The molecule has 28 heavy (non-hydrogen) atoms. The number of fused-ring (bicyclic) bond motifs is 1. The summed E-state index contributed by atoms with van der Waals surface area (Å²) in [7, 11) is 0. The molecule has 142 valence electrons. The fourth-order valence-corrected chi connectivity index (χ4v) is 3.41. The molecule has 0 atom stereocenters. The van der Waals surface area contributed by atoms with E-state index in [-0.39, 0.29) is 11.8 Å². The molecule has 1 aromatic heterocycles. The lowest BCUT2D eigenvalue weighted by atomic mass is 10.1. The molecule has 1 aliphatic rings. The van der Waals surface area contributed by atoms with Crippen LogP contribution in [0, 0.1) is 0 Å². The molecule has 0 fully saturated rings. The molecule has 3 aromatic rings. The molecule has 0 saturated heterocycles. The Morgan fingerprint density at radius 1 is 0.786 bits per heavy atom. The summed E-state index contributed by atoms with van der Waals surface area (Å²) in [6.07, 6.45) is 3.80. The number of hydrogen-bond donors (Lipinski definition) is 0. The van der Waals surface area contributed by atoms with Gasteiger partial charge in [0.25, 0.3) is 11.8 Å². The first-order valence-electron chi connectivity index (χ1n) is 10.1. The molecule has 0 unspecified atom stereocenters. The summed E-state index contributed by atoms with van der Waals surface area (Å²) in [5.41, 5.74) is 2.49. The highest BCUT2D eigenvalue weighted by Crippen LogP contribution is 2.23. The monoisotopic (exact) mass is 375 g/mol. The number of unbranched alkanes of at least 4 members (excludes halogenated alkanes) is 3. The Kier molecular flexibility index (Phi) is 4.92. The van der Waals surface area contributed by atoms with Gasteiger partial charge < -0.3 is 0 Å². The van der Waals surface area contributed by atoms with E-state index in [4.69, 9.17) is 1.37 Å². The van der Waals surface area contributed by atoms with Crippen LogP contribution in [0.3, 0.4) is 0 Å². The van der Waals surface area contributed by atoms with Crippen molar-refractivity contribution >= 4 is 11.8 Å². The number of aromatic nitrogens is 3. The van der Waals surface area contributed by atoms with Gasteiger partial charge in [0.15, 0.2) is 0 Å². The summed E-state index contributed by atoms with van der Waals surface area (Å²) < 4.78 is 9.88. The normalized spacial score (nSPS) is 13.7. The smallest absolute Gasteiger partial charge is 0.261 e. The molecule has 0 aliphatic carbocycles. The highest BCUT2D eigenvalue weighted by molar-refractivity contribution is 6.21.